The summed E-state index contributed by atoms with van der Waals surface area (Å²) in [6.07, 6.45) is 1.63. The van der Waals surface area contributed by atoms with Crippen molar-refractivity contribution < 1.29 is 9.00 Å². The molecule has 0 bridgehead atoms. The lowest BCUT2D eigenvalue weighted by molar-refractivity contribution is -0.118. The van der Waals surface area contributed by atoms with Crippen molar-refractivity contribution in [1.29, 1.82) is 0 Å². The van der Waals surface area contributed by atoms with E-state index >= 15 is 0 Å². The summed E-state index contributed by atoms with van der Waals surface area (Å²) in [4.78, 5) is 22.7. The second-order valence-corrected chi connectivity index (χ2v) is 9.27. The van der Waals surface area contributed by atoms with Crippen LogP contribution in [0.15, 0.2) is 60.7 Å². The maximum absolute atomic E-state index is 12.2. The first-order chi connectivity index (χ1) is 14.6. The Balaban J connectivity index is 1.54. The molecule has 1 unspecified atom stereocenters. The number of amides is 1. The number of nitrogens with one attached hydrogen (secondary N) is 1. The quantitative estimate of drug-likeness (QED) is 0.638. The highest BCUT2D eigenvalue weighted by atomic mass is 32.2. The van der Waals surface area contributed by atoms with Gasteiger partial charge in [-0.15, -0.1) is 11.3 Å². The van der Waals surface area contributed by atoms with Gasteiger partial charge in [-0.05, 0) is 12.1 Å². The average molecular weight is 441 g/mol. The van der Waals surface area contributed by atoms with Crippen molar-refractivity contribution in [2.45, 2.75) is 6.42 Å². The first-order valence-electron chi connectivity index (χ1n) is 9.83. The zero-order valence-electron chi connectivity index (χ0n) is 16.8. The number of thiazole rings is 1. The van der Waals surface area contributed by atoms with E-state index in [0.717, 1.165) is 47.4 Å². The lowest BCUT2D eigenvalue weighted by Crippen LogP contribution is -2.46. The van der Waals surface area contributed by atoms with E-state index in [9.17, 15) is 9.00 Å². The number of carbonyl (C=O) groups excluding carboxylic acids is 1. The number of carbonyl (C=O) groups is 1. The van der Waals surface area contributed by atoms with Gasteiger partial charge < -0.3 is 9.80 Å². The molecule has 1 fully saturated rings. The topological polar surface area (TPSA) is 65.5 Å². The summed E-state index contributed by atoms with van der Waals surface area (Å²) < 4.78 is 13.8. The molecule has 3 aromatic rings. The smallest absolute Gasteiger partial charge is 0.236 e. The lowest BCUT2D eigenvalue weighted by Gasteiger charge is -2.36. The van der Waals surface area contributed by atoms with Gasteiger partial charge in [0.15, 0.2) is 5.13 Å². The van der Waals surface area contributed by atoms with Crippen LogP contribution in [-0.2, 0) is 22.2 Å². The van der Waals surface area contributed by atoms with Crippen molar-refractivity contribution in [2.75, 3.05) is 42.2 Å². The van der Waals surface area contributed by atoms with Crippen LogP contribution in [0.2, 0.25) is 0 Å². The van der Waals surface area contributed by atoms with Gasteiger partial charge in [0.05, 0.1) is 12.1 Å². The lowest BCUT2D eigenvalue weighted by atomic mass is 10.1. The Morgan fingerprint density at radius 3 is 2.23 bits per heavy atom. The molecule has 0 spiro atoms. The van der Waals surface area contributed by atoms with E-state index in [1.165, 1.54) is 11.9 Å². The Morgan fingerprint density at radius 2 is 1.60 bits per heavy atom. The van der Waals surface area contributed by atoms with Gasteiger partial charge in [-0.25, -0.2) is 9.19 Å². The van der Waals surface area contributed by atoms with E-state index < -0.39 is 11.0 Å². The number of hydrogen-bond acceptors (Lipinski definition) is 6. The summed E-state index contributed by atoms with van der Waals surface area (Å²) in [7, 11) is -1.37. The first kappa shape index (κ1) is 20.6. The number of anilines is 2. The Labute approximate surface area is 183 Å². The van der Waals surface area contributed by atoms with Crippen LogP contribution >= 0.6 is 11.3 Å². The third kappa shape index (κ3) is 4.88. The number of aromatic nitrogens is 1. The number of nitrogens with zero attached hydrogens (tertiary/aromatic N) is 3. The fourth-order valence-corrected chi connectivity index (χ4v) is 5.08. The number of piperazine rings is 1. The van der Waals surface area contributed by atoms with E-state index in [1.807, 2.05) is 36.4 Å². The average Bonchev–Trinajstić information content (AvgIpc) is 3.18. The minimum absolute atomic E-state index is 0.172. The van der Waals surface area contributed by atoms with E-state index in [4.69, 9.17) is 4.98 Å². The van der Waals surface area contributed by atoms with Gasteiger partial charge in [0.25, 0.3) is 0 Å². The molecule has 4 rings (SSSR count). The summed E-state index contributed by atoms with van der Waals surface area (Å²) in [6, 6.07) is 20.4. The maximum atomic E-state index is 12.2. The summed E-state index contributed by atoms with van der Waals surface area (Å²) in [5.74, 6) is -0.253. The molecular weight excluding hydrogens is 416 g/mol. The predicted molar refractivity (Wildman–Crippen MR) is 124 cm³/mol. The van der Waals surface area contributed by atoms with Gasteiger partial charge in [0.2, 0.25) is 5.91 Å². The van der Waals surface area contributed by atoms with Crippen LogP contribution in [0.25, 0.3) is 11.3 Å². The molecule has 1 aromatic heterocycles. The van der Waals surface area contributed by atoms with Crippen molar-refractivity contribution >= 4 is 39.0 Å². The van der Waals surface area contributed by atoms with E-state index in [1.54, 1.807) is 11.3 Å². The Kier molecular flexibility index (Phi) is 6.44. The maximum Gasteiger partial charge on any atom is 0.236 e. The minimum atomic E-state index is -1.37. The minimum Gasteiger partial charge on any atom is -0.368 e. The molecule has 1 atom stereocenters. The van der Waals surface area contributed by atoms with Crippen LogP contribution in [0.5, 0.6) is 0 Å². The molecule has 2 heterocycles. The molecule has 1 saturated heterocycles. The van der Waals surface area contributed by atoms with Crippen molar-refractivity contribution in [2.24, 2.45) is 0 Å². The molecular formula is C22H24N4O2S2. The Bertz CT molecular complexity index is 1020. The molecule has 0 saturated carbocycles. The van der Waals surface area contributed by atoms with Crippen LogP contribution in [0.4, 0.5) is 10.8 Å². The SMILES string of the molecule is CS(=O)NC(=O)Cc1sc(N2CCN(c3ccccc3)CC2)nc1-c1ccccc1. The molecule has 1 amide bonds. The second-order valence-electron chi connectivity index (χ2n) is 7.10. The summed E-state index contributed by atoms with van der Waals surface area (Å²) in [5.41, 5.74) is 3.06. The van der Waals surface area contributed by atoms with Gasteiger partial charge in [-0.2, -0.15) is 0 Å². The molecule has 156 valence electrons. The molecule has 1 aliphatic heterocycles. The van der Waals surface area contributed by atoms with Crippen molar-refractivity contribution in [3.63, 3.8) is 0 Å². The van der Waals surface area contributed by atoms with Gasteiger partial charge in [-0.3, -0.25) is 9.52 Å². The standard InChI is InChI=1S/C22H24N4O2S2/c1-30(28)24-20(27)16-19-21(17-8-4-2-5-9-17)23-22(29-19)26-14-12-25(13-15-26)18-10-6-3-7-11-18/h2-11H,12-16H2,1H3,(H,24,27). The summed E-state index contributed by atoms with van der Waals surface area (Å²) in [5, 5.41) is 0.932. The van der Waals surface area contributed by atoms with Gasteiger partial charge in [-0.1, -0.05) is 48.5 Å². The highest BCUT2D eigenvalue weighted by Crippen LogP contribution is 2.34. The fourth-order valence-electron chi connectivity index (χ4n) is 3.55. The molecule has 8 heteroatoms. The molecule has 30 heavy (non-hydrogen) atoms. The van der Waals surface area contributed by atoms with Gasteiger partial charge >= 0.3 is 0 Å². The Morgan fingerprint density at radius 1 is 1.00 bits per heavy atom. The fraction of sp³-hybridized carbons (Fsp3) is 0.273. The van der Waals surface area contributed by atoms with Crippen LogP contribution in [0, 0.1) is 0 Å². The van der Waals surface area contributed by atoms with E-state index in [2.05, 4.69) is 38.8 Å². The van der Waals surface area contributed by atoms with Crippen molar-refractivity contribution in [1.82, 2.24) is 9.71 Å². The highest BCUT2D eigenvalue weighted by molar-refractivity contribution is 7.82. The molecule has 1 N–H and O–H groups in total. The predicted octanol–water partition coefficient (Wildman–Crippen LogP) is 3.09. The molecule has 1 aliphatic rings. The van der Waals surface area contributed by atoms with Crippen molar-refractivity contribution in [3.05, 3.63) is 65.5 Å². The third-order valence-electron chi connectivity index (χ3n) is 4.98. The highest BCUT2D eigenvalue weighted by Gasteiger charge is 2.23. The normalized spacial score (nSPS) is 15.1. The van der Waals surface area contributed by atoms with Crippen LogP contribution in [0.3, 0.4) is 0 Å². The zero-order valence-corrected chi connectivity index (χ0v) is 18.4. The summed E-state index contributed by atoms with van der Waals surface area (Å²) >= 11 is 1.55. The third-order valence-corrected chi connectivity index (χ3v) is 6.61. The molecule has 2 aromatic carbocycles. The van der Waals surface area contributed by atoms with E-state index in [-0.39, 0.29) is 12.3 Å². The number of para-hydroxylation sites is 1. The number of rotatable bonds is 6. The van der Waals surface area contributed by atoms with Crippen LogP contribution < -0.4 is 14.5 Å². The number of hydrogen-bond donors (Lipinski definition) is 1. The first-order valence-corrected chi connectivity index (χ1v) is 12.2. The van der Waals surface area contributed by atoms with Crippen molar-refractivity contribution in [3.8, 4) is 11.3 Å². The van der Waals surface area contributed by atoms with Gasteiger partial charge in [0, 0.05) is 48.6 Å². The van der Waals surface area contributed by atoms with Crippen LogP contribution in [0.1, 0.15) is 4.88 Å². The number of benzene rings is 2. The summed E-state index contributed by atoms with van der Waals surface area (Å²) in [6.45, 7) is 3.60. The monoisotopic (exact) mass is 440 g/mol. The van der Waals surface area contributed by atoms with Crippen LogP contribution in [-0.4, -0.2) is 47.5 Å². The van der Waals surface area contributed by atoms with E-state index in [0.29, 0.717) is 0 Å². The van der Waals surface area contributed by atoms with Gasteiger partial charge in [0.1, 0.15) is 11.0 Å². The molecule has 6 nitrogen and oxygen atoms in total. The zero-order chi connectivity index (χ0) is 20.9. The molecule has 0 aliphatic carbocycles. The molecule has 0 radical (unpaired) electrons. The Hall–Kier alpha value is -2.71. The largest absolute Gasteiger partial charge is 0.368 e. The second kappa shape index (κ2) is 9.40.